The minimum absolute atomic E-state index is 0.0612. The highest BCUT2D eigenvalue weighted by Crippen LogP contribution is 2.36. The third-order valence-electron chi connectivity index (χ3n) is 7.23. The van der Waals surface area contributed by atoms with Gasteiger partial charge in [0.15, 0.2) is 0 Å². The number of benzene rings is 2. The maximum atomic E-state index is 12.7. The highest BCUT2D eigenvalue weighted by atomic mass is 28.4. The quantitative estimate of drug-likeness (QED) is 0.126. The first kappa shape index (κ1) is 33.8. The van der Waals surface area contributed by atoms with Crippen molar-refractivity contribution in [2.45, 2.75) is 123 Å². The predicted octanol–water partition coefficient (Wildman–Crippen LogP) is 8.54. The first-order chi connectivity index (χ1) is 19.0. The SMILES string of the molecule is CCCCCCCC/C=C\C[C@@H](CCO[Si](c1ccccc1)(c1ccccc1)C(C)(C)C)NC(=O)OC(C)(C)C. The van der Waals surface area contributed by atoms with E-state index in [2.05, 4.69) is 106 Å². The fourth-order valence-corrected chi connectivity index (χ4v) is 9.84. The zero-order chi connectivity index (χ0) is 29.5. The number of hydrogen-bond donors (Lipinski definition) is 1. The van der Waals surface area contributed by atoms with Crippen molar-refractivity contribution in [3.63, 3.8) is 0 Å². The molecule has 0 bridgehead atoms. The van der Waals surface area contributed by atoms with Crippen LogP contribution in [-0.2, 0) is 9.16 Å². The number of nitrogens with one attached hydrogen (secondary N) is 1. The predicted molar refractivity (Wildman–Crippen MR) is 173 cm³/mol. The summed E-state index contributed by atoms with van der Waals surface area (Å²) in [6, 6.07) is 21.4. The van der Waals surface area contributed by atoms with Crippen LogP contribution in [0.3, 0.4) is 0 Å². The van der Waals surface area contributed by atoms with E-state index in [0.717, 1.165) is 12.8 Å². The monoisotopic (exact) mass is 565 g/mol. The summed E-state index contributed by atoms with van der Waals surface area (Å²) in [5, 5.41) is 5.58. The number of carbonyl (C=O) groups is 1. The molecule has 5 heteroatoms. The summed E-state index contributed by atoms with van der Waals surface area (Å²) in [4.78, 5) is 12.7. The Kier molecular flexibility index (Phi) is 14.2. The van der Waals surface area contributed by atoms with Gasteiger partial charge < -0.3 is 14.5 Å². The lowest BCUT2D eigenvalue weighted by Crippen LogP contribution is -2.66. The van der Waals surface area contributed by atoms with Crippen molar-refractivity contribution in [3.8, 4) is 0 Å². The molecule has 1 N–H and O–H groups in total. The molecule has 2 aromatic carbocycles. The number of ether oxygens (including phenoxy) is 1. The molecular formula is C35H55NO3Si. The fourth-order valence-electron chi connectivity index (χ4n) is 5.26. The largest absolute Gasteiger partial charge is 0.444 e. The van der Waals surface area contributed by atoms with Gasteiger partial charge in [0.05, 0.1) is 0 Å². The van der Waals surface area contributed by atoms with E-state index in [0.29, 0.717) is 13.0 Å². The summed E-state index contributed by atoms with van der Waals surface area (Å²) in [5.41, 5.74) is -0.534. The molecule has 1 atom stereocenters. The highest BCUT2D eigenvalue weighted by Gasteiger charge is 2.50. The second-order valence-electron chi connectivity index (χ2n) is 12.9. The molecule has 0 aliphatic carbocycles. The van der Waals surface area contributed by atoms with E-state index in [1.807, 2.05) is 20.8 Å². The van der Waals surface area contributed by atoms with E-state index in [9.17, 15) is 4.79 Å². The smallest absolute Gasteiger partial charge is 0.407 e. The molecule has 40 heavy (non-hydrogen) atoms. The Hall–Kier alpha value is -2.37. The Morgan fingerprint density at radius 2 is 1.38 bits per heavy atom. The van der Waals surface area contributed by atoms with Gasteiger partial charge in [-0.05, 0) is 61.9 Å². The molecule has 0 heterocycles. The van der Waals surface area contributed by atoms with E-state index < -0.39 is 13.9 Å². The van der Waals surface area contributed by atoms with Crippen LogP contribution < -0.4 is 15.7 Å². The molecule has 0 unspecified atom stereocenters. The van der Waals surface area contributed by atoms with Crippen molar-refractivity contribution in [3.05, 3.63) is 72.8 Å². The first-order valence-corrected chi connectivity index (χ1v) is 17.3. The van der Waals surface area contributed by atoms with Crippen LogP contribution in [0.25, 0.3) is 0 Å². The summed E-state index contributed by atoms with van der Waals surface area (Å²) in [5.74, 6) is 0. The van der Waals surface area contributed by atoms with E-state index >= 15 is 0 Å². The molecule has 2 rings (SSSR count). The van der Waals surface area contributed by atoms with Crippen LogP contribution in [0.4, 0.5) is 4.79 Å². The average Bonchev–Trinajstić information content (AvgIpc) is 2.89. The summed E-state index contributed by atoms with van der Waals surface area (Å²) >= 11 is 0. The van der Waals surface area contributed by atoms with Crippen LogP contribution >= 0.6 is 0 Å². The zero-order valence-corrected chi connectivity index (χ0v) is 27.3. The molecule has 222 valence electrons. The fraction of sp³-hybridized carbons (Fsp3) is 0.571. The van der Waals surface area contributed by atoms with Gasteiger partial charge in [-0.3, -0.25) is 0 Å². The number of rotatable bonds is 16. The number of alkyl carbamates (subject to hydrolysis) is 1. The van der Waals surface area contributed by atoms with Gasteiger partial charge in [0.1, 0.15) is 5.60 Å². The second-order valence-corrected chi connectivity index (χ2v) is 17.2. The van der Waals surface area contributed by atoms with Gasteiger partial charge in [-0.15, -0.1) is 0 Å². The lowest BCUT2D eigenvalue weighted by molar-refractivity contribution is 0.0498. The Bertz CT molecular complexity index is 953. The van der Waals surface area contributed by atoms with Crippen molar-refractivity contribution in [1.29, 1.82) is 0 Å². The average molecular weight is 566 g/mol. The Labute approximate surface area is 246 Å². The zero-order valence-electron chi connectivity index (χ0n) is 26.3. The van der Waals surface area contributed by atoms with E-state index in [-0.39, 0.29) is 17.2 Å². The van der Waals surface area contributed by atoms with Gasteiger partial charge in [-0.25, -0.2) is 4.79 Å². The first-order valence-electron chi connectivity index (χ1n) is 15.4. The van der Waals surface area contributed by atoms with Crippen molar-refractivity contribution in [1.82, 2.24) is 5.32 Å². The van der Waals surface area contributed by atoms with Gasteiger partial charge >= 0.3 is 6.09 Å². The molecule has 0 aromatic heterocycles. The van der Waals surface area contributed by atoms with Crippen LogP contribution in [0, 0.1) is 0 Å². The van der Waals surface area contributed by atoms with Crippen LogP contribution in [0.5, 0.6) is 0 Å². The van der Waals surface area contributed by atoms with Crippen molar-refractivity contribution < 1.29 is 14.0 Å². The Balaban J connectivity index is 2.15. The topological polar surface area (TPSA) is 47.6 Å². The molecule has 2 aromatic rings. The Morgan fingerprint density at radius 1 is 0.825 bits per heavy atom. The molecule has 0 aliphatic heterocycles. The van der Waals surface area contributed by atoms with Gasteiger partial charge in [0.25, 0.3) is 8.32 Å². The molecule has 4 nitrogen and oxygen atoms in total. The van der Waals surface area contributed by atoms with Crippen LogP contribution in [0.1, 0.15) is 106 Å². The summed E-state index contributed by atoms with van der Waals surface area (Å²) in [7, 11) is -2.62. The summed E-state index contributed by atoms with van der Waals surface area (Å²) in [6.07, 6.45) is 14.5. The summed E-state index contributed by atoms with van der Waals surface area (Å²) in [6.45, 7) is 15.4. The molecule has 0 radical (unpaired) electrons. The molecule has 0 saturated carbocycles. The number of carbonyl (C=O) groups excluding carboxylic acids is 1. The standard InChI is InChI=1S/C35H55NO3Si/c1-8-9-10-11-12-13-14-15-18-23-30(36-33(37)39-34(2,3)4)28-29-38-40(35(5,6)7,31-24-19-16-20-25-31)32-26-21-17-22-27-32/h15-22,24-27,30H,8-14,23,28-29H2,1-7H3,(H,36,37)/b18-15-/t30-/m0/s1. The van der Waals surface area contributed by atoms with Crippen molar-refractivity contribution in [2.24, 2.45) is 0 Å². The second kappa shape index (κ2) is 16.8. The molecule has 1 amide bonds. The van der Waals surface area contributed by atoms with Crippen LogP contribution in [-0.4, -0.2) is 32.7 Å². The molecule has 0 saturated heterocycles. The van der Waals surface area contributed by atoms with E-state index in [1.54, 1.807) is 0 Å². The molecule has 0 aliphatic rings. The van der Waals surface area contributed by atoms with Crippen LogP contribution in [0.2, 0.25) is 5.04 Å². The lowest BCUT2D eigenvalue weighted by atomic mass is 10.1. The third-order valence-corrected chi connectivity index (χ3v) is 12.3. The van der Waals surface area contributed by atoms with Gasteiger partial charge in [-0.2, -0.15) is 0 Å². The normalized spacial score (nSPS) is 13.4. The minimum Gasteiger partial charge on any atom is -0.444 e. The third kappa shape index (κ3) is 11.2. The van der Waals surface area contributed by atoms with Crippen molar-refractivity contribution >= 4 is 24.8 Å². The Morgan fingerprint density at radius 3 is 1.90 bits per heavy atom. The maximum absolute atomic E-state index is 12.7. The molecule has 0 fully saturated rings. The number of allylic oxidation sites excluding steroid dienone is 1. The molecule has 0 spiro atoms. The van der Waals surface area contributed by atoms with Gasteiger partial charge in [-0.1, -0.05) is 133 Å². The minimum atomic E-state index is -2.62. The van der Waals surface area contributed by atoms with Crippen LogP contribution in [0.15, 0.2) is 72.8 Å². The number of hydrogen-bond acceptors (Lipinski definition) is 3. The highest BCUT2D eigenvalue weighted by molar-refractivity contribution is 6.99. The van der Waals surface area contributed by atoms with Gasteiger partial charge in [0, 0.05) is 12.6 Å². The number of amides is 1. The van der Waals surface area contributed by atoms with E-state index in [1.165, 1.54) is 48.9 Å². The maximum Gasteiger partial charge on any atom is 0.407 e. The number of unbranched alkanes of at least 4 members (excludes halogenated alkanes) is 6. The van der Waals surface area contributed by atoms with E-state index in [4.69, 9.17) is 9.16 Å². The molecular weight excluding hydrogens is 510 g/mol. The van der Waals surface area contributed by atoms with Crippen molar-refractivity contribution in [2.75, 3.05) is 6.61 Å². The summed E-state index contributed by atoms with van der Waals surface area (Å²) < 4.78 is 12.7. The lowest BCUT2D eigenvalue weighted by Gasteiger charge is -2.43. The van der Waals surface area contributed by atoms with Gasteiger partial charge in [0.2, 0.25) is 0 Å².